The molecular formula is C24H26FN3O4. The first kappa shape index (κ1) is 21.8. The number of anilines is 2. The molecule has 1 unspecified atom stereocenters. The lowest BCUT2D eigenvalue weighted by molar-refractivity contribution is -0.135. The molecule has 2 aromatic carbocycles. The second-order valence-corrected chi connectivity index (χ2v) is 8.27. The van der Waals surface area contributed by atoms with E-state index in [4.69, 9.17) is 4.74 Å². The third-order valence-corrected chi connectivity index (χ3v) is 5.83. The number of piperidine rings is 1. The third-order valence-electron chi connectivity index (χ3n) is 5.83. The highest BCUT2D eigenvalue weighted by Gasteiger charge is 2.36. The lowest BCUT2D eigenvalue weighted by Gasteiger charge is -2.32. The zero-order chi connectivity index (χ0) is 22.7. The Morgan fingerprint density at radius 1 is 1.03 bits per heavy atom. The zero-order valence-corrected chi connectivity index (χ0v) is 17.9. The number of methoxy groups -OCH3 is 1. The lowest BCUT2D eigenvalue weighted by atomic mass is 9.96. The van der Waals surface area contributed by atoms with Crippen LogP contribution in [0.3, 0.4) is 0 Å². The zero-order valence-electron chi connectivity index (χ0n) is 17.9. The van der Waals surface area contributed by atoms with Gasteiger partial charge in [0.2, 0.25) is 11.8 Å². The van der Waals surface area contributed by atoms with Gasteiger partial charge in [0.1, 0.15) is 11.6 Å². The summed E-state index contributed by atoms with van der Waals surface area (Å²) in [7, 11) is 1.47. The number of carbonyl (C=O) groups is 3. The molecule has 8 heteroatoms. The van der Waals surface area contributed by atoms with Gasteiger partial charge in [-0.15, -0.1) is 0 Å². The molecule has 168 valence electrons. The number of halogens is 1. The Morgan fingerprint density at radius 2 is 1.84 bits per heavy atom. The van der Waals surface area contributed by atoms with E-state index in [1.807, 2.05) is 4.90 Å². The van der Waals surface area contributed by atoms with Crippen LogP contribution in [0.15, 0.2) is 42.5 Å². The smallest absolute Gasteiger partial charge is 0.255 e. The van der Waals surface area contributed by atoms with E-state index in [9.17, 15) is 18.8 Å². The maximum Gasteiger partial charge on any atom is 0.255 e. The number of rotatable bonds is 6. The first-order chi connectivity index (χ1) is 15.4. The van der Waals surface area contributed by atoms with Gasteiger partial charge in [-0.3, -0.25) is 14.4 Å². The molecule has 1 heterocycles. The summed E-state index contributed by atoms with van der Waals surface area (Å²) in [4.78, 5) is 39.5. The van der Waals surface area contributed by atoms with Crippen LogP contribution in [-0.2, 0) is 9.59 Å². The Hall–Kier alpha value is -3.42. The quantitative estimate of drug-likeness (QED) is 0.719. The maximum absolute atomic E-state index is 13.4. The number of carbonyl (C=O) groups excluding carboxylic acids is 3. The highest BCUT2D eigenvalue weighted by molar-refractivity contribution is 6.05. The average molecular weight is 439 g/mol. The molecule has 1 atom stereocenters. The first-order valence-electron chi connectivity index (χ1n) is 10.8. The van der Waals surface area contributed by atoms with Gasteiger partial charge in [-0.25, -0.2) is 4.39 Å². The second kappa shape index (κ2) is 9.38. The molecule has 0 bridgehead atoms. The summed E-state index contributed by atoms with van der Waals surface area (Å²) in [5, 5.41) is 5.59. The van der Waals surface area contributed by atoms with E-state index in [0.717, 1.165) is 31.7 Å². The van der Waals surface area contributed by atoms with Gasteiger partial charge < -0.3 is 20.3 Å². The first-order valence-corrected chi connectivity index (χ1v) is 10.8. The van der Waals surface area contributed by atoms with Crippen LogP contribution in [0.25, 0.3) is 0 Å². The van der Waals surface area contributed by atoms with Crippen molar-refractivity contribution in [2.45, 2.75) is 25.7 Å². The van der Waals surface area contributed by atoms with Crippen LogP contribution in [0.2, 0.25) is 0 Å². The van der Waals surface area contributed by atoms with Crippen molar-refractivity contribution in [3.05, 3.63) is 53.8 Å². The maximum atomic E-state index is 13.4. The van der Waals surface area contributed by atoms with E-state index < -0.39 is 11.7 Å². The molecule has 0 radical (unpaired) electrons. The van der Waals surface area contributed by atoms with Crippen LogP contribution in [0.5, 0.6) is 5.75 Å². The van der Waals surface area contributed by atoms with Crippen molar-refractivity contribution < 1.29 is 23.5 Å². The van der Waals surface area contributed by atoms with Gasteiger partial charge in [0.15, 0.2) is 0 Å². The van der Waals surface area contributed by atoms with Crippen molar-refractivity contribution in [1.82, 2.24) is 4.90 Å². The van der Waals surface area contributed by atoms with E-state index in [0.29, 0.717) is 30.2 Å². The van der Waals surface area contributed by atoms with E-state index in [-0.39, 0.29) is 29.2 Å². The Labute approximate surface area is 185 Å². The fraction of sp³-hybridized carbons (Fsp3) is 0.375. The van der Waals surface area contributed by atoms with Gasteiger partial charge in [-0.1, -0.05) is 6.07 Å². The number of hydrogen-bond acceptors (Lipinski definition) is 4. The molecule has 0 aromatic heterocycles. The summed E-state index contributed by atoms with van der Waals surface area (Å²) >= 11 is 0. The predicted octanol–water partition coefficient (Wildman–Crippen LogP) is 3.67. The Morgan fingerprint density at radius 3 is 2.56 bits per heavy atom. The van der Waals surface area contributed by atoms with Crippen LogP contribution in [-0.4, -0.2) is 42.8 Å². The van der Waals surface area contributed by atoms with Crippen LogP contribution in [0, 0.1) is 17.7 Å². The minimum Gasteiger partial charge on any atom is -0.495 e. The van der Waals surface area contributed by atoms with Crippen LogP contribution in [0.4, 0.5) is 15.8 Å². The van der Waals surface area contributed by atoms with E-state index in [1.54, 1.807) is 18.2 Å². The predicted molar refractivity (Wildman–Crippen MR) is 118 cm³/mol. The molecular weight excluding hydrogens is 413 g/mol. The molecule has 2 N–H and O–H groups in total. The Kier molecular flexibility index (Phi) is 6.39. The van der Waals surface area contributed by atoms with Crippen LogP contribution in [0.1, 0.15) is 36.0 Å². The number of hydrogen-bond donors (Lipinski definition) is 2. The second-order valence-electron chi connectivity index (χ2n) is 8.27. The van der Waals surface area contributed by atoms with Crippen molar-refractivity contribution in [3.8, 4) is 5.75 Å². The Bertz CT molecular complexity index is 1040. The van der Waals surface area contributed by atoms with E-state index >= 15 is 0 Å². The number of nitrogens with zero attached hydrogens (tertiary/aromatic N) is 1. The summed E-state index contributed by atoms with van der Waals surface area (Å²) in [6, 6.07) is 10.3. The molecule has 1 aliphatic carbocycles. The standard InChI is InChI=1S/C24H26FN3O4/c1-32-21-10-9-19(13-20(21)27-22(29)16-4-2-6-18(25)12-16)26-23(30)17-5-3-11-28(14-17)24(31)15-7-8-15/h2,4,6,9-10,12-13,15,17H,3,5,7-8,11,14H2,1H3,(H,26,30)(H,27,29). The molecule has 7 nitrogen and oxygen atoms in total. The molecule has 32 heavy (non-hydrogen) atoms. The number of likely N-dealkylation sites (tertiary alicyclic amines) is 1. The highest BCUT2D eigenvalue weighted by Crippen LogP contribution is 2.33. The minimum absolute atomic E-state index is 0.141. The average Bonchev–Trinajstić information content (AvgIpc) is 3.64. The minimum atomic E-state index is -0.507. The Balaban J connectivity index is 1.44. The molecule has 1 saturated carbocycles. The van der Waals surface area contributed by atoms with Gasteiger partial charge >= 0.3 is 0 Å². The van der Waals surface area contributed by atoms with Crippen molar-refractivity contribution >= 4 is 29.1 Å². The van der Waals surface area contributed by atoms with Crippen molar-refractivity contribution in [1.29, 1.82) is 0 Å². The molecule has 2 fully saturated rings. The van der Waals surface area contributed by atoms with Crippen molar-refractivity contribution in [3.63, 3.8) is 0 Å². The molecule has 3 amide bonds. The lowest BCUT2D eigenvalue weighted by Crippen LogP contribution is -2.44. The number of ether oxygens (including phenoxy) is 1. The SMILES string of the molecule is COc1ccc(NC(=O)C2CCCN(C(=O)C3CC3)C2)cc1NC(=O)c1cccc(F)c1. The van der Waals surface area contributed by atoms with Gasteiger partial charge in [-0.2, -0.15) is 0 Å². The third kappa shape index (κ3) is 5.07. The largest absolute Gasteiger partial charge is 0.495 e. The van der Waals surface area contributed by atoms with Gasteiger partial charge in [0, 0.05) is 30.3 Å². The van der Waals surface area contributed by atoms with E-state index in [2.05, 4.69) is 10.6 Å². The summed E-state index contributed by atoms with van der Waals surface area (Å²) in [5.41, 5.74) is 1.02. The van der Waals surface area contributed by atoms with Gasteiger partial charge in [-0.05, 0) is 62.1 Å². The van der Waals surface area contributed by atoms with Gasteiger partial charge in [0.25, 0.3) is 5.91 Å². The van der Waals surface area contributed by atoms with Gasteiger partial charge in [0.05, 0.1) is 18.7 Å². The van der Waals surface area contributed by atoms with Crippen LogP contribution < -0.4 is 15.4 Å². The summed E-state index contributed by atoms with van der Waals surface area (Å²) in [6.07, 6.45) is 3.41. The van der Waals surface area contributed by atoms with Crippen molar-refractivity contribution in [2.24, 2.45) is 11.8 Å². The van der Waals surface area contributed by atoms with E-state index in [1.165, 1.54) is 25.3 Å². The highest BCUT2D eigenvalue weighted by atomic mass is 19.1. The number of benzene rings is 2. The normalized spacial score (nSPS) is 18.1. The monoisotopic (exact) mass is 439 g/mol. The van der Waals surface area contributed by atoms with Crippen LogP contribution >= 0.6 is 0 Å². The van der Waals surface area contributed by atoms with Crippen molar-refractivity contribution in [2.75, 3.05) is 30.8 Å². The summed E-state index contributed by atoms with van der Waals surface area (Å²) < 4.78 is 18.7. The molecule has 0 spiro atoms. The summed E-state index contributed by atoms with van der Waals surface area (Å²) in [5.74, 6) is -0.728. The fourth-order valence-electron chi connectivity index (χ4n) is 3.93. The topological polar surface area (TPSA) is 87.7 Å². The molecule has 2 aromatic rings. The summed E-state index contributed by atoms with van der Waals surface area (Å²) in [6.45, 7) is 1.14. The molecule has 1 aliphatic heterocycles. The molecule has 1 saturated heterocycles. The number of nitrogens with one attached hydrogen (secondary N) is 2. The molecule has 2 aliphatic rings. The fourth-order valence-corrected chi connectivity index (χ4v) is 3.93. The molecule has 4 rings (SSSR count). The number of amides is 3.